The number of imidazole rings is 1. The zero-order valence-corrected chi connectivity index (χ0v) is 16.7. The van der Waals surface area contributed by atoms with E-state index in [0.29, 0.717) is 40.8 Å². The van der Waals surface area contributed by atoms with Gasteiger partial charge in [0.15, 0.2) is 28.5 Å². The Morgan fingerprint density at radius 1 is 1.07 bits per heavy atom. The summed E-state index contributed by atoms with van der Waals surface area (Å²) in [4.78, 5) is 12.2. The molecule has 2 heterocycles. The number of halogens is 1. The average molecular weight is 401 g/mol. The first-order valence-electron chi connectivity index (χ1n) is 9.51. The minimum Gasteiger partial charge on any atom is -0.493 e. The van der Waals surface area contributed by atoms with Crippen LogP contribution in [0.5, 0.6) is 17.2 Å². The summed E-state index contributed by atoms with van der Waals surface area (Å²) in [6, 6.07) is 3.76. The van der Waals surface area contributed by atoms with E-state index in [1.807, 2.05) is 16.7 Å². The Bertz CT molecular complexity index is 1020. The van der Waals surface area contributed by atoms with Crippen LogP contribution in [0.4, 0.5) is 10.2 Å². The first kappa shape index (κ1) is 19.2. The van der Waals surface area contributed by atoms with Crippen LogP contribution in [-0.4, -0.2) is 40.8 Å². The number of methoxy groups -OCH3 is 3. The van der Waals surface area contributed by atoms with Crippen molar-refractivity contribution in [2.24, 2.45) is 5.92 Å². The maximum Gasteiger partial charge on any atom is 0.312 e. The summed E-state index contributed by atoms with van der Waals surface area (Å²) in [5.74, 6) is 2.98. The van der Waals surface area contributed by atoms with Gasteiger partial charge in [-0.05, 0) is 36.5 Å². The first-order chi connectivity index (χ1) is 14.0. The van der Waals surface area contributed by atoms with Gasteiger partial charge in [-0.15, -0.1) is 0 Å². The molecule has 0 unspecified atom stereocenters. The molecule has 4 rings (SSSR count). The average Bonchev–Trinajstić information content (AvgIpc) is 3.01. The number of hydrogen-bond acceptors (Lipinski definition) is 7. The molecular weight excluding hydrogens is 377 g/mol. The number of fused-ring (bicyclic) bond motifs is 1. The summed E-state index contributed by atoms with van der Waals surface area (Å²) in [5, 5.41) is 0. The second-order valence-electron chi connectivity index (χ2n) is 7.20. The molecule has 1 aromatic carbocycles. The van der Waals surface area contributed by atoms with Gasteiger partial charge in [0, 0.05) is 13.0 Å². The van der Waals surface area contributed by atoms with Crippen molar-refractivity contribution in [3.8, 4) is 17.2 Å². The minimum absolute atomic E-state index is 0.0472. The van der Waals surface area contributed by atoms with Gasteiger partial charge in [-0.1, -0.05) is 6.42 Å². The lowest BCUT2D eigenvalue weighted by atomic mass is 9.85. The highest BCUT2D eigenvalue weighted by Gasteiger charge is 2.24. The summed E-state index contributed by atoms with van der Waals surface area (Å²) < 4.78 is 32.1. The monoisotopic (exact) mass is 401 g/mol. The van der Waals surface area contributed by atoms with Gasteiger partial charge >= 0.3 is 6.08 Å². The highest BCUT2D eigenvalue weighted by atomic mass is 19.1. The van der Waals surface area contributed by atoms with Gasteiger partial charge in [-0.3, -0.25) is 0 Å². The maximum absolute atomic E-state index is 13.8. The molecule has 1 saturated carbocycles. The normalized spacial score (nSPS) is 14.1. The Kier molecular flexibility index (Phi) is 5.12. The largest absolute Gasteiger partial charge is 0.493 e. The Balaban J connectivity index is 1.79. The number of rotatable bonds is 7. The van der Waals surface area contributed by atoms with Gasteiger partial charge < -0.3 is 24.5 Å². The van der Waals surface area contributed by atoms with E-state index in [-0.39, 0.29) is 5.82 Å². The molecule has 0 saturated heterocycles. The fourth-order valence-electron chi connectivity index (χ4n) is 3.72. The molecule has 154 valence electrons. The van der Waals surface area contributed by atoms with Crippen molar-refractivity contribution < 1.29 is 18.6 Å². The minimum atomic E-state index is -0.843. The number of nitrogen functional groups attached to an aromatic ring is 1. The van der Waals surface area contributed by atoms with Crippen molar-refractivity contribution in [2.75, 3.05) is 27.1 Å². The van der Waals surface area contributed by atoms with Crippen LogP contribution >= 0.6 is 0 Å². The van der Waals surface area contributed by atoms with Gasteiger partial charge in [0.2, 0.25) is 5.75 Å². The number of nitrogens with two attached hydrogens (primary N) is 1. The lowest BCUT2D eigenvalue weighted by Gasteiger charge is -2.26. The van der Waals surface area contributed by atoms with E-state index >= 15 is 0 Å². The van der Waals surface area contributed by atoms with Crippen LogP contribution in [0.25, 0.3) is 11.2 Å². The number of aromatic nitrogens is 4. The van der Waals surface area contributed by atoms with Crippen molar-refractivity contribution in [3.05, 3.63) is 29.6 Å². The van der Waals surface area contributed by atoms with Crippen molar-refractivity contribution in [1.82, 2.24) is 19.5 Å². The molecule has 0 spiro atoms. The molecule has 29 heavy (non-hydrogen) atoms. The smallest absolute Gasteiger partial charge is 0.312 e. The number of hydrogen-bond donors (Lipinski definition) is 1. The van der Waals surface area contributed by atoms with E-state index in [1.165, 1.54) is 6.42 Å². The highest BCUT2D eigenvalue weighted by molar-refractivity contribution is 5.82. The molecule has 8 nitrogen and oxygen atoms in total. The van der Waals surface area contributed by atoms with E-state index < -0.39 is 6.08 Å². The molecule has 0 bridgehead atoms. The number of nitrogens with zero attached hydrogens (tertiary/aromatic N) is 4. The third-order valence-corrected chi connectivity index (χ3v) is 5.43. The quantitative estimate of drug-likeness (QED) is 0.608. The van der Waals surface area contributed by atoms with Gasteiger partial charge in [0.25, 0.3) is 0 Å². The summed E-state index contributed by atoms with van der Waals surface area (Å²) in [7, 11) is 4.71. The third kappa shape index (κ3) is 3.52. The Hall–Kier alpha value is -3.10. The maximum atomic E-state index is 13.8. The fourth-order valence-corrected chi connectivity index (χ4v) is 3.72. The molecule has 3 aromatic rings. The lowest BCUT2D eigenvalue weighted by molar-refractivity contribution is 0.276. The first-order valence-corrected chi connectivity index (χ1v) is 9.51. The summed E-state index contributed by atoms with van der Waals surface area (Å²) in [6.45, 7) is 0.728. The lowest BCUT2D eigenvalue weighted by Crippen LogP contribution is -2.20. The molecular formula is C20H24FN5O3. The van der Waals surface area contributed by atoms with Crippen LogP contribution in [0, 0.1) is 12.0 Å². The second kappa shape index (κ2) is 7.73. The zero-order chi connectivity index (χ0) is 20.5. The van der Waals surface area contributed by atoms with Crippen molar-refractivity contribution in [2.45, 2.75) is 32.2 Å². The Labute approximate surface area is 167 Å². The zero-order valence-electron chi connectivity index (χ0n) is 16.7. The van der Waals surface area contributed by atoms with Gasteiger partial charge in [0.1, 0.15) is 5.82 Å². The molecule has 0 amide bonds. The molecule has 2 N–H and O–H groups in total. The Morgan fingerprint density at radius 3 is 2.31 bits per heavy atom. The van der Waals surface area contributed by atoms with Gasteiger partial charge in [-0.2, -0.15) is 14.4 Å². The fraction of sp³-hybridized carbons (Fsp3) is 0.450. The number of ether oxygens (including phenoxy) is 3. The van der Waals surface area contributed by atoms with Crippen molar-refractivity contribution in [1.29, 1.82) is 0 Å². The van der Waals surface area contributed by atoms with Crippen LogP contribution in [-0.2, 0) is 13.0 Å². The third-order valence-electron chi connectivity index (χ3n) is 5.43. The van der Waals surface area contributed by atoms with Crippen LogP contribution in [0.15, 0.2) is 12.1 Å². The second-order valence-corrected chi connectivity index (χ2v) is 7.20. The Morgan fingerprint density at radius 2 is 1.76 bits per heavy atom. The summed E-state index contributed by atoms with van der Waals surface area (Å²) in [5.41, 5.74) is 7.69. The van der Waals surface area contributed by atoms with Crippen molar-refractivity contribution >= 4 is 17.0 Å². The van der Waals surface area contributed by atoms with E-state index in [9.17, 15) is 4.39 Å². The summed E-state index contributed by atoms with van der Waals surface area (Å²) >= 11 is 0. The van der Waals surface area contributed by atoms with Gasteiger partial charge in [-0.25, -0.2) is 4.98 Å². The molecule has 9 heteroatoms. The predicted octanol–water partition coefficient (Wildman–Crippen LogP) is 2.96. The van der Waals surface area contributed by atoms with E-state index in [2.05, 4.69) is 15.0 Å². The highest BCUT2D eigenvalue weighted by Crippen LogP contribution is 2.39. The molecule has 2 aromatic heterocycles. The van der Waals surface area contributed by atoms with Crippen LogP contribution in [0.3, 0.4) is 0 Å². The SMILES string of the molecule is COc1cc(Cc2nc3c(N)nc(F)nc3n2CC2CCC2)cc(OC)c1OC. The number of benzene rings is 1. The van der Waals surface area contributed by atoms with E-state index in [0.717, 1.165) is 30.8 Å². The van der Waals surface area contributed by atoms with Gasteiger partial charge in [0.05, 0.1) is 21.3 Å². The topological polar surface area (TPSA) is 97.3 Å². The standard InChI is InChI=1S/C20H24FN5O3/c1-27-13-7-12(8-14(28-2)17(13)29-3)9-15-23-16-18(22)24-20(21)25-19(16)26(15)10-11-5-4-6-11/h7-8,11H,4-6,9-10H2,1-3H3,(H2,22,24,25). The van der Waals surface area contributed by atoms with E-state index in [4.69, 9.17) is 19.9 Å². The summed E-state index contributed by atoms with van der Waals surface area (Å²) in [6.07, 6.45) is 3.13. The van der Waals surface area contributed by atoms with Crippen LogP contribution in [0.1, 0.15) is 30.7 Å². The molecule has 1 aliphatic carbocycles. The number of anilines is 1. The molecule has 0 radical (unpaired) electrons. The van der Waals surface area contributed by atoms with Crippen molar-refractivity contribution in [3.63, 3.8) is 0 Å². The molecule has 1 fully saturated rings. The molecule has 0 atom stereocenters. The molecule has 1 aliphatic rings. The van der Waals surface area contributed by atoms with Crippen LogP contribution < -0.4 is 19.9 Å². The van der Waals surface area contributed by atoms with Crippen LogP contribution in [0.2, 0.25) is 0 Å². The molecule has 0 aliphatic heterocycles. The predicted molar refractivity (Wildman–Crippen MR) is 106 cm³/mol. The van der Waals surface area contributed by atoms with E-state index in [1.54, 1.807) is 21.3 Å².